The van der Waals surface area contributed by atoms with Gasteiger partial charge in [0.15, 0.2) is 0 Å². The number of anilines is 1. The van der Waals surface area contributed by atoms with Gasteiger partial charge in [-0.1, -0.05) is 35.9 Å². The molecule has 0 spiro atoms. The van der Waals surface area contributed by atoms with Crippen molar-refractivity contribution in [3.63, 3.8) is 0 Å². The van der Waals surface area contributed by atoms with Crippen molar-refractivity contribution >= 4 is 29.1 Å². The standard InChI is InChI=1S/C16H19ClN2O2/c1-19(16(21)10-12-6-2-3-7-12)11-15(20)18-14-9-5-4-8-13(14)17/h2,4-6,8-9,12H,3,7,10-11H2,1H3,(H,18,20). The van der Waals surface area contributed by atoms with Crippen molar-refractivity contribution in [1.29, 1.82) is 0 Å². The van der Waals surface area contributed by atoms with Crippen molar-refractivity contribution in [3.8, 4) is 0 Å². The predicted octanol–water partition coefficient (Wildman–Crippen LogP) is 3.09. The van der Waals surface area contributed by atoms with Crippen LogP contribution in [0.5, 0.6) is 0 Å². The Hall–Kier alpha value is -1.81. The fourth-order valence-electron chi connectivity index (χ4n) is 2.30. The lowest BCUT2D eigenvalue weighted by Gasteiger charge is -2.18. The van der Waals surface area contributed by atoms with Gasteiger partial charge in [0.05, 0.1) is 17.3 Å². The van der Waals surface area contributed by atoms with E-state index in [1.54, 1.807) is 31.3 Å². The molecule has 112 valence electrons. The molecule has 0 saturated carbocycles. The van der Waals surface area contributed by atoms with E-state index in [2.05, 4.69) is 17.5 Å². The molecule has 1 unspecified atom stereocenters. The maximum absolute atomic E-state index is 12.0. The molecule has 1 aliphatic rings. The Morgan fingerprint density at radius 3 is 2.81 bits per heavy atom. The topological polar surface area (TPSA) is 49.4 Å². The second-order valence-corrected chi connectivity index (χ2v) is 5.65. The van der Waals surface area contributed by atoms with E-state index in [-0.39, 0.29) is 18.4 Å². The van der Waals surface area contributed by atoms with Gasteiger partial charge >= 0.3 is 0 Å². The zero-order chi connectivity index (χ0) is 15.2. The number of allylic oxidation sites excluding steroid dienone is 2. The summed E-state index contributed by atoms with van der Waals surface area (Å²) < 4.78 is 0. The summed E-state index contributed by atoms with van der Waals surface area (Å²) in [5.41, 5.74) is 0.559. The summed E-state index contributed by atoms with van der Waals surface area (Å²) in [4.78, 5) is 25.4. The van der Waals surface area contributed by atoms with E-state index < -0.39 is 0 Å². The SMILES string of the molecule is CN(CC(=O)Nc1ccccc1Cl)C(=O)CC1C=CCC1. The summed E-state index contributed by atoms with van der Waals surface area (Å²) in [6.07, 6.45) is 6.70. The Morgan fingerprint density at radius 2 is 2.14 bits per heavy atom. The number of likely N-dealkylation sites (N-methyl/N-ethyl adjacent to an activating group) is 1. The molecule has 0 fully saturated rings. The Kier molecular flexibility index (Phi) is 5.39. The molecule has 0 saturated heterocycles. The quantitative estimate of drug-likeness (QED) is 0.850. The highest BCUT2D eigenvalue weighted by Crippen LogP contribution is 2.22. The Balaban J connectivity index is 1.82. The second-order valence-electron chi connectivity index (χ2n) is 5.25. The molecule has 2 rings (SSSR count). The van der Waals surface area contributed by atoms with Gasteiger partial charge in [0, 0.05) is 13.5 Å². The molecule has 1 aliphatic carbocycles. The van der Waals surface area contributed by atoms with Gasteiger partial charge in [0.2, 0.25) is 11.8 Å². The van der Waals surface area contributed by atoms with Crippen LogP contribution in [0.25, 0.3) is 0 Å². The van der Waals surface area contributed by atoms with Crippen molar-refractivity contribution < 1.29 is 9.59 Å². The minimum absolute atomic E-state index is 0.0131. The van der Waals surface area contributed by atoms with Gasteiger partial charge in [0.25, 0.3) is 0 Å². The number of nitrogens with zero attached hydrogens (tertiary/aromatic N) is 1. The van der Waals surface area contributed by atoms with Gasteiger partial charge in [-0.25, -0.2) is 0 Å². The summed E-state index contributed by atoms with van der Waals surface area (Å²) in [5, 5.41) is 3.19. The number of carbonyl (C=O) groups is 2. The molecule has 2 amide bonds. The fraction of sp³-hybridized carbons (Fsp3) is 0.375. The molecule has 21 heavy (non-hydrogen) atoms. The molecule has 0 heterocycles. The lowest BCUT2D eigenvalue weighted by atomic mass is 10.0. The number of carbonyl (C=O) groups excluding carboxylic acids is 2. The number of amides is 2. The van der Waals surface area contributed by atoms with Crippen LogP contribution >= 0.6 is 11.6 Å². The van der Waals surface area contributed by atoms with Crippen molar-refractivity contribution in [2.45, 2.75) is 19.3 Å². The molecule has 5 heteroatoms. The number of benzene rings is 1. The van der Waals surface area contributed by atoms with E-state index in [1.807, 2.05) is 0 Å². The van der Waals surface area contributed by atoms with Crippen molar-refractivity contribution in [2.24, 2.45) is 5.92 Å². The van der Waals surface area contributed by atoms with Crippen LogP contribution in [-0.4, -0.2) is 30.3 Å². The fourth-order valence-corrected chi connectivity index (χ4v) is 2.48. The van der Waals surface area contributed by atoms with Gasteiger partial charge in [-0.2, -0.15) is 0 Å². The number of halogens is 1. The molecule has 0 aliphatic heterocycles. The number of hydrogen-bond acceptors (Lipinski definition) is 2. The molecule has 1 aromatic carbocycles. The number of hydrogen-bond donors (Lipinski definition) is 1. The monoisotopic (exact) mass is 306 g/mol. The van der Waals surface area contributed by atoms with Crippen LogP contribution in [0.15, 0.2) is 36.4 Å². The maximum Gasteiger partial charge on any atom is 0.244 e. The average Bonchev–Trinajstić information content (AvgIpc) is 2.94. The van der Waals surface area contributed by atoms with Crippen molar-refractivity contribution in [1.82, 2.24) is 4.90 Å². The molecule has 1 N–H and O–H groups in total. The first-order valence-electron chi connectivity index (χ1n) is 7.01. The van der Waals surface area contributed by atoms with Crippen molar-refractivity contribution in [3.05, 3.63) is 41.4 Å². The largest absolute Gasteiger partial charge is 0.336 e. The molecule has 4 nitrogen and oxygen atoms in total. The first-order valence-corrected chi connectivity index (χ1v) is 7.39. The van der Waals surface area contributed by atoms with Gasteiger partial charge in [-0.05, 0) is 30.9 Å². The van der Waals surface area contributed by atoms with E-state index >= 15 is 0 Å². The van der Waals surface area contributed by atoms with Crippen LogP contribution in [-0.2, 0) is 9.59 Å². The first-order chi connectivity index (χ1) is 10.1. The minimum Gasteiger partial charge on any atom is -0.336 e. The number of rotatable bonds is 5. The second kappa shape index (κ2) is 7.27. The smallest absolute Gasteiger partial charge is 0.244 e. The highest BCUT2D eigenvalue weighted by atomic mass is 35.5. The third-order valence-electron chi connectivity index (χ3n) is 3.50. The molecule has 0 aromatic heterocycles. The van der Waals surface area contributed by atoms with Crippen LogP contribution in [0.1, 0.15) is 19.3 Å². The summed E-state index contributed by atoms with van der Waals surface area (Å²) >= 11 is 5.98. The molecule has 1 aromatic rings. The molecule has 1 atom stereocenters. The normalized spacial score (nSPS) is 16.8. The first kappa shape index (κ1) is 15.6. The third kappa shape index (κ3) is 4.60. The van der Waals surface area contributed by atoms with E-state index in [1.165, 1.54) is 4.90 Å². The highest BCUT2D eigenvalue weighted by molar-refractivity contribution is 6.33. The van der Waals surface area contributed by atoms with E-state index in [0.717, 1.165) is 12.8 Å². The van der Waals surface area contributed by atoms with Crippen LogP contribution in [0.2, 0.25) is 5.02 Å². The molecular weight excluding hydrogens is 288 g/mol. The lowest BCUT2D eigenvalue weighted by molar-refractivity contribution is -0.133. The average molecular weight is 307 g/mol. The Labute approximate surface area is 129 Å². The highest BCUT2D eigenvalue weighted by Gasteiger charge is 2.18. The van der Waals surface area contributed by atoms with Gasteiger partial charge in [-0.3, -0.25) is 9.59 Å². The van der Waals surface area contributed by atoms with Crippen LogP contribution < -0.4 is 5.32 Å². The van der Waals surface area contributed by atoms with Gasteiger partial charge < -0.3 is 10.2 Å². The van der Waals surface area contributed by atoms with Gasteiger partial charge in [0.1, 0.15) is 0 Å². The Bertz CT molecular complexity index is 557. The summed E-state index contributed by atoms with van der Waals surface area (Å²) in [5.74, 6) is 0.0494. The Morgan fingerprint density at radius 1 is 1.38 bits per heavy atom. The predicted molar refractivity (Wildman–Crippen MR) is 84.2 cm³/mol. The van der Waals surface area contributed by atoms with Gasteiger partial charge in [-0.15, -0.1) is 0 Å². The zero-order valence-electron chi connectivity index (χ0n) is 12.0. The maximum atomic E-state index is 12.0. The summed E-state index contributed by atoms with van der Waals surface area (Å²) in [7, 11) is 1.65. The number of para-hydroxylation sites is 1. The van der Waals surface area contributed by atoms with Crippen LogP contribution in [0.4, 0.5) is 5.69 Å². The van der Waals surface area contributed by atoms with E-state index in [0.29, 0.717) is 23.0 Å². The number of nitrogens with one attached hydrogen (secondary N) is 1. The summed E-state index contributed by atoms with van der Waals surface area (Å²) in [6.45, 7) is 0.0283. The minimum atomic E-state index is -0.249. The summed E-state index contributed by atoms with van der Waals surface area (Å²) in [6, 6.07) is 7.02. The van der Waals surface area contributed by atoms with Crippen LogP contribution in [0, 0.1) is 5.92 Å². The third-order valence-corrected chi connectivity index (χ3v) is 3.83. The molecule has 0 bridgehead atoms. The van der Waals surface area contributed by atoms with Crippen LogP contribution in [0.3, 0.4) is 0 Å². The molecular formula is C16H19ClN2O2. The van der Waals surface area contributed by atoms with E-state index in [9.17, 15) is 9.59 Å². The zero-order valence-corrected chi connectivity index (χ0v) is 12.8. The molecule has 0 radical (unpaired) electrons. The lowest BCUT2D eigenvalue weighted by Crippen LogP contribution is -2.35. The van der Waals surface area contributed by atoms with Crippen molar-refractivity contribution in [2.75, 3.05) is 18.9 Å². The van der Waals surface area contributed by atoms with E-state index in [4.69, 9.17) is 11.6 Å².